The monoisotopic (exact) mass is 517 g/mol. The number of carbonyl (C=O) groups is 1. The average molecular weight is 518 g/mol. The second-order valence-electron chi connectivity index (χ2n) is 9.29. The summed E-state index contributed by atoms with van der Waals surface area (Å²) >= 11 is 6.22. The molecule has 2 saturated carbocycles. The Hall–Kier alpha value is -2.14. The molecular formula is C23H23ClF3NO5S. The Balaban J connectivity index is 1.65. The number of carbonyl (C=O) groups excluding carboxylic acids is 1. The molecule has 3 N–H and O–H groups in total. The van der Waals surface area contributed by atoms with Gasteiger partial charge in [-0.25, -0.2) is 21.6 Å². The number of benzene rings is 2. The van der Waals surface area contributed by atoms with E-state index in [4.69, 9.17) is 11.6 Å². The van der Waals surface area contributed by atoms with Crippen molar-refractivity contribution in [3.05, 3.63) is 58.4 Å². The number of rotatable bonds is 5. The van der Waals surface area contributed by atoms with Crippen LogP contribution < -0.4 is 5.32 Å². The van der Waals surface area contributed by atoms with Crippen molar-refractivity contribution in [2.45, 2.75) is 41.9 Å². The van der Waals surface area contributed by atoms with Crippen molar-refractivity contribution in [1.29, 1.82) is 0 Å². The van der Waals surface area contributed by atoms with Gasteiger partial charge < -0.3 is 15.5 Å². The van der Waals surface area contributed by atoms with Crippen LogP contribution in [0.5, 0.6) is 0 Å². The second-order valence-corrected chi connectivity index (χ2v) is 11.8. The van der Waals surface area contributed by atoms with E-state index in [9.17, 15) is 36.6 Å². The van der Waals surface area contributed by atoms with Crippen LogP contribution in [0.2, 0.25) is 5.02 Å². The number of fused-ring (bicyclic) bond motifs is 2. The first-order chi connectivity index (χ1) is 15.9. The van der Waals surface area contributed by atoms with Gasteiger partial charge in [-0.05, 0) is 55.2 Å². The third kappa shape index (κ3) is 4.32. The summed E-state index contributed by atoms with van der Waals surface area (Å²) in [5.41, 5.74) is -1.81. The molecule has 2 unspecified atom stereocenters. The van der Waals surface area contributed by atoms with Crippen molar-refractivity contribution >= 4 is 33.0 Å². The summed E-state index contributed by atoms with van der Waals surface area (Å²) in [6, 6.07) is 4.81. The Bertz CT molecular complexity index is 1230. The van der Waals surface area contributed by atoms with Gasteiger partial charge in [0.25, 0.3) is 5.91 Å². The number of aliphatic hydroxyl groups is 2. The number of anilines is 1. The Morgan fingerprint density at radius 2 is 1.82 bits per heavy atom. The summed E-state index contributed by atoms with van der Waals surface area (Å²) in [6.07, 6.45) is 0.828. The van der Waals surface area contributed by atoms with Crippen molar-refractivity contribution in [2.75, 3.05) is 11.9 Å². The molecule has 2 aromatic carbocycles. The molecule has 2 aliphatic rings. The van der Waals surface area contributed by atoms with Gasteiger partial charge in [0.1, 0.15) is 0 Å². The van der Waals surface area contributed by atoms with Crippen LogP contribution in [0.4, 0.5) is 18.9 Å². The summed E-state index contributed by atoms with van der Waals surface area (Å²) in [5, 5.41) is 21.5. The topological polar surface area (TPSA) is 104 Å². The molecule has 0 aliphatic heterocycles. The molecule has 5 atom stereocenters. The molecular weight excluding hydrogens is 495 g/mol. The van der Waals surface area contributed by atoms with Crippen molar-refractivity contribution in [3.8, 4) is 0 Å². The van der Waals surface area contributed by atoms with E-state index in [0.29, 0.717) is 18.6 Å². The minimum atomic E-state index is -4.04. The molecule has 11 heteroatoms. The van der Waals surface area contributed by atoms with Crippen LogP contribution in [0.15, 0.2) is 35.2 Å². The van der Waals surface area contributed by atoms with Crippen LogP contribution in [-0.2, 0) is 9.84 Å². The lowest BCUT2D eigenvalue weighted by atomic mass is 9.76. The minimum Gasteiger partial charge on any atom is -0.393 e. The van der Waals surface area contributed by atoms with Gasteiger partial charge in [-0.15, -0.1) is 0 Å². The summed E-state index contributed by atoms with van der Waals surface area (Å²) in [7, 11) is -4.04. The quantitative estimate of drug-likeness (QED) is 0.521. The number of sulfone groups is 1. The molecule has 0 aromatic heterocycles. The van der Waals surface area contributed by atoms with Gasteiger partial charge in [0.15, 0.2) is 27.3 Å². The molecule has 2 aromatic rings. The maximum atomic E-state index is 13.7. The normalized spacial score (nSPS) is 28.7. The molecule has 2 fully saturated rings. The average Bonchev–Trinajstić information content (AvgIpc) is 2.99. The molecule has 0 spiro atoms. The van der Waals surface area contributed by atoms with Crippen molar-refractivity contribution in [1.82, 2.24) is 0 Å². The SMILES string of the molecule is C[C@H]1C[C@H]2C[C@](O)(CO)CC1C2S(=O)(=O)c1cc(C(=O)Nc2cc(F)c(F)c(F)c2)ccc1Cl. The van der Waals surface area contributed by atoms with Crippen molar-refractivity contribution in [2.24, 2.45) is 17.8 Å². The van der Waals surface area contributed by atoms with E-state index >= 15 is 0 Å². The van der Waals surface area contributed by atoms with E-state index in [-0.39, 0.29) is 39.9 Å². The van der Waals surface area contributed by atoms with Crippen LogP contribution in [-0.4, -0.2) is 42.0 Å². The number of nitrogens with one attached hydrogen (secondary N) is 1. The molecule has 184 valence electrons. The highest BCUT2D eigenvalue weighted by Crippen LogP contribution is 2.53. The van der Waals surface area contributed by atoms with Crippen LogP contribution in [0, 0.1) is 35.2 Å². The van der Waals surface area contributed by atoms with E-state index in [1.807, 2.05) is 6.92 Å². The number of hydrogen-bond acceptors (Lipinski definition) is 5. The molecule has 6 nitrogen and oxygen atoms in total. The maximum Gasteiger partial charge on any atom is 0.255 e. The van der Waals surface area contributed by atoms with Crippen molar-refractivity contribution < 1.29 is 36.6 Å². The minimum absolute atomic E-state index is 0.00104. The van der Waals surface area contributed by atoms with E-state index in [2.05, 4.69) is 5.32 Å². The third-order valence-electron chi connectivity index (χ3n) is 6.94. The second kappa shape index (κ2) is 8.82. The molecule has 1 amide bonds. The van der Waals surface area contributed by atoms with Crippen LogP contribution in [0.25, 0.3) is 0 Å². The number of hydrogen-bond donors (Lipinski definition) is 3. The fourth-order valence-electron chi connectivity index (χ4n) is 5.44. The van der Waals surface area contributed by atoms with Gasteiger partial charge in [-0.3, -0.25) is 4.79 Å². The lowest BCUT2D eigenvalue weighted by Gasteiger charge is -2.40. The van der Waals surface area contributed by atoms with Crippen LogP contribution in [0.3, 0.4) is 0 Å². The molecule has 2 aliphatic carbocycles. The highest BCUT2D eigenvalue weighted by atomic mass is 35.5. The Labute approximate surface area is 199 Å². The van der Waals surface area contributed by atoms with E-state index < -0.39 is 62.5 Å². The van der Waals surface area contributed by atoms with Gasteiger partial charge in [0, 0.05) is 23.4 Å². The Morgan fingerprint density at radius 3 is 2.41 bits per heavy atom. The van der Waals surface area contributed by atoms with E-state index in [1.54, 1.807) is 0 Å². The zero-order valence-corrected chi connectivity index (χ0v) is 19.6. The van der Waals surface area contributed by atoms with Crippen LogP contribution >= 0.6 is 11.6 Å². The lowest BCUT2D eigenvalue weighted by Crippen LogP contribution is -2.48. The third-order valence-corrected chi connectivity index (χ3v) is 9.79. The fourth-order valence-corrected chi connectivity index (χ4v) is 8.34. The highest BCUT2D eigenvalue weighted by molar-refractivity contribution is 7.92. The van der Waals surface area contributed by atoms with Gasteiger partial charge in [-0.2, -0.15) is 0 Å². The van der Waals surface area contributed by atoms with Crippen LogP contribution in [0.1, 0.15) is 36.5 Å². The lowest BCUT2D eigenvalue weighted by molar-refractivity contribution is -0.0614. The van der Waals surface area contributed by atoms with Gasteiger partial charge in [-0.1, -0.05) is 18.5 Å². The zero-order chi connectivity index (χ0) is 25.0. The molecule has 0 heterocycles. The highest BCUT2D eigenvalue weighted by Gasteiger charge is 2.56. The first-order valence-electron chi connectivity index (χ1n) is 10.7. The zero-order valence-electron chi connectivity index (χ0n) is 18.1. The summed E-state index contributed by atoms with van der Waals surface area (Å²) in [6.45, 7) is 1.45. The number of halogens is 4. The first kappa shape index (κ1) is 25.0. The van der Waals surface area contributed by atoms with Crippen molar-refractivity contribution in [3.63, 3.8) is 0 Å². The number of aliphatic hydroxyl groups excluding tert-OH is 1. The molecule has 4 rings (SSSR count). The Morgan fingerprint density at radius 1 is 1.18 bits per heavy atom. The fraction of sp³-hybridized carbons (Fsp3) is 0.435. The molecule has 0 radical (unpaired) electrons. The summed E-state index contributed by atoms with van der Waals surface area (Å²) < 4.78 is 67.4. The first-order valence-corrected chi connectivity index (χ1v) is 12.6. The maximum absolute atomic E-state index is 13.7. The predicted octanol–water partition coefficient (Wildman–Crippen LogP) is 3.94. The van der Waals surface area contributed by atoms with Gasteiger partial charge >= 0.3 is 0 Å². The number of amides is 1. The largest absolute Gasteiger partial charge is 0.393 e. The Kier molecular flexibility index (Phi) is 6.48. The molecule has 34 heavy (non-hydrogen) atoms. The van der Waals surface area contributed by atoms with E-state index in [0.717, 1.165) is 6.07 Å². The van der Waals surface area contributed by atoms with Gasteiger partial charge in [0.05, 0.1) is 27.4 Å². The molecule has 0 saturated heterocycles. The summed E-state index contributed by atoms with van der Waals surface area (Å²) in [4.78, 5) is 12.4. The van der Waals surface area contributed by atoms with E-state index in [1.165, 1.54) is 12.1 Å². The molecule has 2 bridgehead atoms. The smallest absolute Gasteiger partial charge is 0.255 e. The standard InChI is InChI=1S/C23H23ClF3NO5S/c1-11-4-13-8-23(31,10-29)9-15(11)21(13)34(32,33)19-5-12(2-3-16(19)24)22(30)28-14-6-17(25)20(27)18(26)7-14/h2-3,5-7,11,13,15,21,29,31H,4,8-10H2,1H3,(H,28,30)/t11-,13-,15?,21?,23+/m0/s1. The predicted molar refractivity (Wildman–Crippen MR) is 119 cm³/mol. The summed E-state index contributed by atoms with van der Waals surface area (Å²) in [5.74, 6) is -6.32. The van der Waals surface area contributed by atoms with Gasteiger partial charge in [0.2, 0.25) is 0 Å².